The quantitative estimate of drug-likeness (QED) is 0.0818. The van der Waals surface area contributed by atoms with Crippen LogP contribution in [0, 0.1) is 25.2 Å². The van der Waals surface area contributed by atoms with Gasteiger partial charge in [0.1, 0.15) is 11.3 Å². The van der Waals surface area contributed by atoms with Crippen molar-refractivity contribution >= 4 is 45.7 Å². The Morgan fingerprint density at radius 2 is 1.73 bits per heavy atom. The highest BCUT2D eigenvalue weighted by Crippen LogP contribution is 2.40. The average Bonchev–Trinajstić information content (AvgIpc) is 4.02. The zero-order valence-corrected chi connectivity index (χ0v) is 37.7. The number of thiazole rings is 1. The van der Waals surface area contributed by atoms with Crippen LogP contribution in [-0.4, -0.2) is 71.4 Å². The first-order chi connectivity index (χ1) is 30.1. The summed E-state index contributed by atoms with van der Waals surface area (Å²) >= 11 is 3.21. The van der Waals surface area contributed by atoms with Gasteiger partial charge in [0.25, 0.3) is 0 Å². The number of carbonyl (C=O) groups excluding carboxylic acids is 1. The highest BCUT2D eigenvalue weighted by molar-refractivity contribution is 7.98. The fourth-order valence-corrected chi connectivity index (χ4v) is 8.58. The van der Waals surface area contributed by atoms with E-state index < -0.39 is 0 Å². The van der Waals surface area contributed by atoms with Gasteiger partial charge in [0.05, 0.1) is 74.5 Å². The molecule has 62 heavy (non-hydrogen) atoms. The Morgan fingerprint density at radius 1 is 0.919 bits per heavy atom. The molecule has 3 heterocycles. The van der Waals surface area contributed by atoms with E-state index in [1.165, 1.54) is 5.56 Å². The van der Waals surface area contributed by atoms with Crippen LogP contribution in [0.1, 0.15) is 44.2 Å². The van der Waals surface area contributed by atoms with E-state index in [9.17, 15) is 4.79 Å². The lowest BCUT2D eigenvalue weighted by atomic mass is 10.1. The van der Waals surface area contributed by atoms with E-state index in [4.69, 9.17) is 38.6 Å². The lowest BCUT2D eigenvalue weighted by Crippen LogP contribution is -2.29. The largest absolute Gasteiger partial charge is 0.493 e. The first kappa shape index (κ1) is 45.2. The topological polar surface area (TPSA) is 150 Å². The smallest absolute Gasteiger partial charge is 0.238 e. The third-order valence-corrected chi connectivity index (χ3v) is 11.4. The number of fused-ring (bicyclic) bond motifs is 1. The van der Waals surface area contributed by atoms with Gasteiger partial charge in [-0.25, -0.2) is 15.0 Å². The number of methoxy groups -OCH3 is 2. The number of thioether (sulfide) groups is 1. The van der Waals surface area contributed by atoms with Gasteiger partial charge in [0, 0.05) is 43.0 Å². The molecule has 7 rings (SSSR count). The first-order valence-electron chi connectivity index (χ1n) is 20.1. The molecule has 0 saturated heterocycles. The molecule has 0 bridgehead atoms. The Hall–Kier alpha value is -6.34. The van der Waals surface area contributed by atoms with Crippen molar-refractivity contribution in [2.75, 3.05) is 46.3 Å². The van der Waals surface area contributed by atoms with E-state index in [1.54, 1.807) is 61.8 Å². The number of imidazole rings is 1. The van der Waals surface area contributed by atoms with Gasteiger partial charge in [-0.05, 0) is 82.8 Å². The van der Waals surface area contributed by atoms with Crippen LogP contribution in [0.2, 0.25) is 0 Å². The van der Waals surface area contributed by atoms with Gasteiger partial charge in [-0.2, -0.15) is 5.26 Å². The molecule has 0 radical (unpaired) electrons. The van der Waals surface area contributed by atoms with Gasteiger partial charge in [-0.15, -0.1) is 11.3 Å². The minimum absolute atomic E-state index is 0. The Labute approximate surface area is 372 Å². The normalized spacial score (nSPS) is 10.9. The lowest BCUT2D eigenvalue weighted by Gasteiger charge is -2.16. The number of likely N-dealkylation sites (N-methyl/N-ethyl adjacent to an activating group) is 1. The number of hydrogen-bond donors (Lipinski definition) is 1. The number of oxazole rings is 1. The summed E-state index contributed by atoms with van der Waals surface area (Å²) in [5.41, 5.74) is 8.61. The van der Waals surface area contributed by atoms with Crippen LogP contribution < -0.4 is 24.3 Å². The minimum atomic E-state index is -0.128. The molecule has 0 unspecified atom stereocenters. The van der Waals surface area contributed by atoms with Gasteiger partial charge in [-0.3, -0.25) is 9.69 Å². The summed E-state index contributed by atoms with van der Waals surface area (Å²) in [6.07, 6.45) is 2.09. The molecular weight excluding hydrogens is 823 g/mol. The Morgan fingerprint density at radius 3 is 2.48 bits per heavy atom. The molecule has 0 aliphatic heterocycles. The number of benzene rings is 4. The molecule has 0 fully saturated rings. The molecule has 0 aliphatic carbocycles. The van der Waals surface area contributed by atoms with Crippen molar-refractivity contribution in [3.05, 3.63) is 113 Å². The van der Waals surface area contributed by atoms with Crippen molar-refractivity contribution < 1.29 is 29.6 Å². The highest BCUT2D eigenvalue weighted by Gasteiger charge is 2.17. The fraction of sp³-hybridized carbons (Fsp3) is 0.298. The number of para-hydroxylation sites is 3. The monoisotopic (exact) mass is 875 g/mol. The third-order valence-electron chi connectivity index (χ3n) is 9.44. The van der Waals surface area contributed by atoms with Crippen molar-refractivity contribution in [3.8, 4) is 51.1 Å². The number of nitrogens with one attached hydrogen (secondary N) is 1. The predicted octanol–water partition coefficient (Wildman–Crippen LogP) is 10.5. The van der Waals surface area contributed by atoms with Crippen LogP contribution in [0.25, 0.3) is 33.1 Å². The second-order valence-corrected chi connectivity index (χ2v) is 15.9. The van der Waals surface area contributed by atoms with Gasteiger partial charge in [0.15, 0.2) is 28.2 Å². The first-order valence-corrected chi connectivity index (χ1v) is 22.0. The zero-order valence-electron chi connectivity index (χ0n) is 36.1. The summed E-state index contributed by atoms with van der Waals surface area (Å²) in [6.45, 7) is 10.3. The SMILES string of the molecule is CCOc1ccc(NC(=O)CN(C)Cc2coc(-c3ccc(C)cc3C)n2)cc1OCC.COc1cccc(-c2nc(CSc3nc4ccccc4n3CCC#N)cs2)c1OC.[HH]. The summed E-state index contributed by atoms with van der Waals surface area (Å²) in [5.74, 6) is 3.81. The van der Waals surface area contributed by atoms with Crippen LogP contribution in [0.15, 0.2) is 100 Å². The summed E-state index contributed by atoms with van der Waals surface area (Å²) in [4.78, 5) is 28.6. The molecule has 4 aromatic carbocycles. The molecule has 7 aromatic rings. The van der Waals surface area contributed by atoms with Crippen LogP contribution in [0.4, 0.5) is 5.69 Å². The van der Waals surface area contributed by atoms with Gasteiger partial charge in [-0.1, -0.05) is 47.7 Å². The average molecular weight is 876 g/mol. The summed E-state index contributed by atoms with van der Waals surface area (Å²) < 4.78 is 29.9. The molecule has 0 atom stereocenters. The van der Waals surface area contributed by atoms with Crippen LogP contribution >= 0.6 is 23.1 Å². The van der Waals surface area contributed by atoms with Gasteiger partial charge >= 0.3 is 0 Å². The van der Waals surface area contributed by atoms with E-state index in [2.05, 4.69) is 39.3 Å². The van der Waals surface area contributed by atoms with Crippen molar-refractivity contribution in [3.63, 3.8) is 0 Å². The number of ether oxygens (including phenoxy) is 4. The number of nitriles is 1. The molecule has 0 saturated carbocycles. The Balaban J connectivity index is 0.000000234. The van der Waals surface area contributed by atoms with E-state index in [0.717, 1.165) is 49.3 Å². The van der Waals surface area contributed by atoms with E-state index in [-0.39, 0.29) is 13.9 Å². The van der Waals surface area contributed by atoms with Crippen LogP contribution in [-0.2, 0) is 23.6 Å². The maximum atomic E-state index is 12.5. The lowest BCUT2D eigenvalue weighted by molar-refractivity contribution is -0.117. The maximum absolute atomic E-state index is 12.5. The molecule has 1 N–H and O–H groups in total. The Bertz CT molecular complexity index is 2640. The predicted molar refractivity (Wildman–Crippen MR) is 247 cm³/mol. The third kappa shape index (κ3) is 11.5. The van der Waals surface area contributed by atoms with Crippen molar-refractivity contribution in [1.82, 2.24) is 24.4 Å². The Kier molecular flexibility index (Phi) is 16.0. The number of aryl methyl sites for hydroxylation is 3. The van der Waals surface area contributed by atoms with Crippen LogP contribution in [0.5, 0.6) is 23.0 Å². The summed E-state index contributed by atoms with van der Waals surface area (Å²) in [7, 11) is 5.14. The molecule has 3 aromatic heterocycles. The van der Waals surface area contributed by atoms with E-state index >= 15 is 0 Å². The molecule has 0 spiro atoms. The van der Waals surface area contributed by atoms with Gasteiger partial charge in [0.2, 0.25) is 11.8 Å². The molecule has 13 nitrogen and oxygen atoms in total. The van der Waals surface area contributed by atoms with Crippen LogP contribution in [0.3, 0.4) is 0 Å². The molecule has 1 amide bonds. The fourth-order valence-electron chi connectivity index (χ4n) is 6.70. The standard InChI is InChI=1S/C25H31N3O4.C22H20N4O2S2.H2/c1-6-30-22-11-9-19(13-23(22)31-7-2)26-24(29)15-28(5)14-20-16-32-25(27-20)21-10-8-17(3)12-18(21)4;1-27-19-10-5-7-16(20(19)28-2)21-24-15(13-29-21)14-30-22-25-17-8-3-4-9-18(17)26(22)12-6-11-23;/h8-13,16H,6-7,14-15H2,1-5H3,(H,26,29);3-5,7-10,13H,6,12,14H2,1-2H3;1H. The number of anilines is 1. The van der Waals surface area contributed by atoms with Gasteiger partial charge < -0.3 is 33.2 Å². The summed E-state index contributed by atoms with van der Waals surface area (Å²) in [6, 6.07) is 27.6. The molecule has 0 aliphatic rings. The number of amides is 1. The molecule has 15 heteroatoms. The number of aromatic nitrogens is 4. The van der Waals surface area contributed by atoms with Crippen molar-refractivity contribution in [2.24, 2.45) is 0 Å². The van der Waals surface area contributed by atoms with E-state index in [0.29, 0.717) is 73.1 Å². The second-order valence-electron chi connectivity index (χ2n) is 14.1. The summed E-state index contributed by atoms with van der Waals surface area (Å²) in [5, 5.41) is 15.8. The molecular formula is C47H53N7O6S2. The van der Waals surface area contributed by atoms with E-state index in [1.807, 2.05) is 87.3 Å². The van der Waals surface area contributed by atoms with Crippen molar-refractivity contribution in [1.29, 1.82) is 5.26 Å². The second kappa shape index (κ2) is 22.0. The highest BCUT2D eigenvalue weighted by atomic mass is 32.2. The minimum Gasteiger partial charge on any atom is -0.493 e. The zero-order chi connectivity index (χ0) is 44.0. The van der Waals surface area contributed by atoms with Crippen molar-refractivity contribution in [2.45, 2.75) is 58.1 Å². The number of carbonyl (C=O) groups is 1. The maximum Gasteiger partial charge on any atom is 0.238 e. The number of hydrogen-bond acceptors (Lipinski definition) is 13. The number of rotatable bonds is 18. The number of nitrogens with zero attached hydrogens (tertiary/aromatic N) is 6. The molecule has 324 valence electrons.